The maximum Gasteiger partial charge on any atom is 0.230 e. The van der Waals surface area contributed by atoms with Gasteiger partial charge in [0.05, 0.1) is 5.75 Å². The van der Waals surface area contributed by atoms with Gasteiger partial charge in [0.1, 0.15) is 5.82 Å². The van der Waals surface area contributed by atoms with E-state index in [4.69, 9.17) is 0 Å². The van der Waals surface area contributed by atoms with Gasteiger partial charge in [0.25, 0.3) is 0 Å². The molecule has 4 aromatic rings. The van der Waals surface area contributed by atoms with Crippen LogP contribution in [0.25, 0.3) is 17.1 Å². The number of nitrogens with one attached hydrogen (secondary N) is 2. The highest BCUT2D eigenvalue weighted by Gasteiger charge is 2.17. The standard InChI is InChI=1S/C26H24FN5O2S/c27-21-13-11-20(12-14-21)25-30-31-26(32(25)22-9-5-2-6-10-22)35-18-24(34)28-16-15-23(33)29-17-19-7-3-1-4-8-19/h1-14H,15-18H2,(H,28,34)(H,29,33). The molecule has 0 aliphatic heterocycles. The van der Waals surface area contributed by atoms with Crippen molar-refractivity contribution in [2.24, 2.45) is 0 Å². The molecule has 3 aromatic carbocycles. The van der Waals surface area contributed by atoms with Crippen LogP contribution in [0.1, 0.15) is 12.0 Å². The molecule has 9 heteroatoms. The minimum Gasteiger partial charge on any atom is -0.355 e. The summed E-state index contributed by atoms with van der Waals surface area (Å²) in [5, 5.41) is 14.7. The summed E-state index contributed by atoms with van der Waals surface area (Å²) in [4.78, 5) is 24.4. The van der Waals surface area contributed by atoms with Gasteiger partial charge >= 0.3 is 0 Å². The van der Waals surface area contributed by atoms with Crippen LogP contribution in [0.5, 0.6) is 0 Å². The molecule has 1 heterocycles. The quantitative estimate of drug-likeness (QED) is 0.329. The minimum absolute atomic E-state index is 0.111. The third kappa shape index (κ3) is 6.77. The van der Waals surface area contributed by atoms with Gasteiger partial charge in [-0.1, -0.05) is 60.3 Å². The number of hydrogen-bond acceptors (Lipinski definition) is 5. The van der Waals surface area contributed by atoms with E-state index in [-0.39, 0.29) is 36.4 Å². The Morgan fingerprint density at radius 2 is 1.51 bits per heavy atom. The minimum atomic E-state index is -0.334. The Kier molecular flexibility index (Phi) is 8.24. The van der Waals surface area contributed by atoms with Crippen molar-refractivity contribution in [1.29, 1.82) is 0 Å². The van der Waals surface area contributed by atoms with Gasteiger partial charge in [-0.05, 0) is 42.0 Å². The second kappa shape index (κ2) is 11.9. The lowest BCUT2D eigenvalue weighted by molar-refractivity contribution is -0.121. The molecule has 0 atom stereocenters. The molecule has 35 heavy (non-hydrogen) atoms. The van der Waals surface area contributed by atoms with Crippen LogP contribution in [0.15, 0.2) is 90.1 Å². The van der Waals surface area contributed by atoms with E-state index in [0.29, 0.717) is 23.1 Å². The van der Waals surface area contributed by atoms with Gasteiger partial charge < -0.3 is 10.6 Å². The number of carbonyl (C=O) groups excluding carboxylic acids is 2. The normalized spacial score (nSPS) is 10.7. The summed E-state index contributed by atoms with van der Waals surface area (Å²) < 4.78 is 15.2. The van der Waals surface area contributed by atoms with Crippen LogP contribution in [0.2, 0.25) is 0 Å². The highest BCUT2D eigenvalue weighted by Crippen LogP contribution is 2.28. The van der Waals surface area contributed by atoms with Crippen molar-refractivity contribution in [1.82, 2.24) is 25.4 Å². The predicted molar refractivity (Wildman–Crippen MR) is 133 cm³/mol. The SMILES string of the molecule is O=C(CCNC(=O)CSc1nnc(-c2ccc(F)cc2)n1-c1ccccc1)NCc1ccccc1. The van der Waals surface area contributed by atoms with E-state index in [2.05, 4.69) is 20.8 Å². The summed E-state index contributed by atoms with van der Waals surface area (Å²) in [6, 6.07) is 25.2. The van der Waals surface area contributed by atoms with Crippen LogP contribution in [0, 0.1) is 5.82 Å². The Labute approximate surface area is 206 Å². The molecule has 0 radical (unpaired) electrons. The molecule has 0 aliphatic carbocycles. The lowest BCUT2D eigenvalue weighted by Crippen LogP contribution is -2.31. The van der Waals surface area contributed by atoms with E-state index in [1.165, 1.54) is 23.9 Å². The largest absolute Gasteiger partial charge is 0.355 e. The average molecular weight is 490 g/mol. The summed E-state index contributed by atoms with van der Waals surface area (Å²) in [6.45, 7) is 0.696. The molecule has 0 fully saturated rings. The van der Waals surface area contributed by atoms with Crippen LogP contribution < -0.4 is 10.6 Å². The van der Waals surface area contributed by atoms with Crippen molar-refractivity contribution in [3.8, 4) is 17.1 Å². The fraction of sp³-hybridized carbons (Fsp3) is 0.154. The monoisotopic (exact) mass is 489 g/mol. The number of thioether (sulfide) groups is 1. The van der Waals surface area contributed by atoms with Crippen molar-refractivity contribution in [3.05, 3.63) is 96.3 Å². The maximum absolute atomic E-state index is 13.4. The Morgan fingerprint density at radius 1 is 0.829 bits per heavy atom. The van der Waals surface area contributed by atoms with E-state index in [1.807, 2.05) is 65.2 Å². The first kappa shape index (κ1) is 24.2. The van der Waals surface area contributed by atoms with Gasteiger partial charge in [-0.25, -0.2) is 4.39 Å². The van der Waals surface area contributed by atoms with Crippen molar-refractivity contribution >= 4 is 23.6 Å². The number of benzene rings is 3. The third-order valence-electron chi connectivity index (χ3n) is 5.09. The van der Waals surface area contributed by atoms with Crippen LogP contribution in [0.4, 0.5) is 4.39 Å². The lowest BCUT2D eigenvalue weighted by atomic mass is 10.2. The number of amides is 2. The number of halogens is 1. The number of carbonyl (C=O) groups is 2. The molecule has 178 valence electrons. The number of hydrogen-bond donors (Lipinski definition) is 2. The molecule has 0 saturated carbocycles. The molecule has 7 nitrogen and oxygen atoms in total. The first-order chi connectivity index (χ1) is 17.1. The molecule has 2 N–H and O–H groups in total. The van der Waals surface area contributed by atoms with Gasteiger partial charge in [0, 0.05) is 30.8 Å². The topological polar surface area (TPSA) is 88.9 Å². The summed E-state index contributed by atoms with van der Waals surface area (Å²) >= 11 is 1.24. The summed E-state index contributed by atoms with van der Waals surface area (Å²) in [6.07, 6.45) is 0.193. The van der Waals surface area contributed by atoms with Crippen molar-refractivity contribution in [3.63, 3.8) is 0 Å². The van der Waals surface area contributed by atoms with E-state index in [0.717, 1.165) is 11.3 Å². The Morgan fingerprint density at radius 3 is 2.23 bits per heavy atom. The molecule has 0 spiro atoms. The average Bonchev–Trinajstić information content (AvgIpc) is 3.32. The molecule has 4 rings (SSSR count). The Bertz CT molecular complexity index is 1260. The van der Waals surface area contributed by atoms with Gasteiger partial charge in [0.2, 0.25) is 11.8 Å². The van der Waals surface area contributed by atoms with E-state index in [1.54, 1.807) is 12.1 Å². The maximum atomic E-state index is 13.4. The Hall–Kier alpha value is -3.98. The first-order valence-corrected chi connectivity index (χ1v) is 12.1. The molecule has 1 aromatic heterocycles. The summed E-state index contributed by atoms with van der Waals surface area (Å²) in [7, 11) is 0. The van der Waals surface area contributed by atoms with Crippen molar-refractivity contribution < 1.29 is 14.0 Å². The number of rotatable bonds is 10. The summed E-state index contributed by atoms with van der Waals surface area (Å²) in [5.41, 5.74) is 2.55. The van der Waals surface area contributed by atoms with Gasteiger partial charge in [-0.3, -0.25) is 14.2 Å². The van der Waals surface area contributed by atoms with Crippen LogP contribution in [-0.4, -0.2) is 38.9 Å². The van der Waals surface area contributed by atoms with Crippen LogP contribution in [-0.2, 0) is 16.1 Å². The smallest absolute Gasteiger partial charge is 0.230 e. The van der Waals surface area contributed by atoms with Gasteiger partial charge in [-0.15, -0.1) is 10.2 Å². The van der Waals surface area contributed by atoms with Crippen LogP contribution >= 0.6 is 11.8 Å². The number of para-hydroxylation sites is 1. The molecule has 0 aliphatic rings. The summed E-state index contributed by atoms with van der Waals surface area (Å²) in [5.74, 6) is -0.0138. The molecule has 0 saturated heterocycles. The van der Waals surface area contributed by atoms with Crippen molar-refractivity contribution in [2.45, 2.75) is 18.1 Å². The van der Waals surface area contributed by atoms with Crippen LogP contribution in [0.3, 0.4) is 0 Å². The van der Waals surface area contributed by atoms with E-state index < -0.39 is 0 Å². The lowest BCUT2D eigenvalue weighted by Gasteiger charge is -2.10. The zero-order valence-corrected chi connectivity index (χ0v) is 19.7. The fourth-order valence-electron chi connectivity index (χ4n) is 3.34. The molecule has 2 amide bonds. The third-order valence-corrected chi connectivity index (χ3v) is 6.02. The molecule has 0 bridgehead atoms. The number of aromatic nitrogens is 3. The van der Waals surface area contributed by atoms with Gasteiger partial charge in [0.15, 0.2) is 11.0 Å². The number of nitrogens with zero attached hydrogens (tertiary/aromatic N) is 3. The first-order valence-electron chi connectivity index (χ1n) is 11.1. The van der Waals surface area contributed by atoms with Gasteiger partial charge in [-0.2, -0.15) is 0 Å². The van der Waals surface area contributed by atoms with E-state index >= 15 is 0 Å². The van der Waals surface area contributed by atoms with Crippen molar-refractivity contribution in [2.75, 3.05) is 12.3 Å². The zero-order chi connectivity index (χ0) is 24.5. The fourth-order valence-corrected chi connectivity index (χ4v) is 4.12. The molecule has 0 unspecified atom stereocenters. The second-order valence-electron chi connectivity index (χ2n) is 7.63. The predicted octanol–water partition coefficient (Wildman–Crippen LogP) is 3.99. The van der Waals surface area contributed by atoms with E-state index in [9.17, 15) is 14.0 Å². The Balaban J connectivity index is 1.33. The highest BCUT2D eigenvalue weighted by molar-refractivity contribution is 7.99. The molecular weight excluding hydrogens is 465 g/mol. The second-order valence-corrected chi connectivity index (χ2v) is 8.58. The molecular formula is C26H24FN5O2S. The highest BCUT2D eigenvalue weighted by atomic mass is 32.2. The zero-order valence-electron chi connectivity index (χ0n) is 18.9.